The van der Waals surface area contributed by atoms with Crippen molar-refractivity contribution >= 4 is 17.6 Å². The van der Waals surface area contributed by atoms with Gasteiger partial charge in [0.05, 0.1) is 18.8 Å². The molecule has 1 aromatic rings. The van der Waals surface area contributed by atoms with Gasteiger partial charge in [-0.1, -0.05) is 54.1 Å². The van der Waals surface area contributed by atoms with Gasteiger partial charge in [0, 0.05) is 23.5 Å². The number of hydrogen-bond acceptors (Lipinski definition) is 4. The number of β-amino-alcohol motifs (C(OH)–C–C–N with tert-alkyl or cyclic N) is 1. The van der Waals surface area contributed by atoms with Crippen molar-refractivity contribution in [1.82, 2.24) is 5.32 Å². The Bertz CT molecular complexity index is 821. The van der Waals surface area contributed by atoms with E-state index in [1.807, 2.05) is 13.0 Å². The number of carbonyl (C=O) groups is 1. The van der Waals surface area contributed by atoms with Crippen molar-refractivity contribution in [2.45, 2.75) is 70.6 Å². The number of ether oxygens (including phenoxy) is 1. The Morgan fingerprint density at radius 1 is 1.30 bits per heavy atom. The third kappa shape index (κ3) is 11.2. The summed E-state index contributed by atoms with van der Waals surface area (Å²) in [5.74, 6) is -0.186. The van der Waals surface area contributed by atoms with E-state index in [9.17, 15) is 9.90 Å². The molecular formula is C27H38ClNO4. The molecule has 0 radical (unpaired) electrons. The first-order chi connectivity index (χ1) is 15.6. The molecule has 0 spiro atoms. The largest absolute Gasteiger partial charge is 0.481 e. The molecular weight excluding hydrogens is 438 g/mol. The number of aliphatic hydroxyl groups excluding tert-OH is 1. The minimum Gasteiger partial charge on any atom is -0.481 e. The number of aliphatic carboxylic acids is 1. The van der Waals surface area contributed by atoms with Gasteiger partial charge in [-0.25, -0.2) is 0 Å². The number of benzene rings is 1. The number of halogens is 1. The molecule has 1 aliphatic carbocycles. The van der Waals surface area contributed by atoms with E-state index in [2.05, 4.69) is 43.4 Å². The normalized spacial score (nSPS) is 17.1. The molecule has 33 heavy (non-hydrogen) atoms. The average molecular weight is 476 g/mol. The molecule has 0 aromatic heterocycles. The maximum absolute atomic E-state index is 10.5. The Balaban J connectivity index is 1.65. The van der Waals surface area contributed by atoms with Crippen molar-refractivity contribution in [2.24, 2.45) is 5.92 Å². The highest BCUT2D eigenvalue weighted by atomic mass is 35.5. The van der Waals surface area contributed by atoms with Gasteiger partial charge in [-0.05, 0) is 75.7 Å². The van der Waals surface area contributed by atoms with Gasteiger partial charge < -0.3 is 20.3 Å². The fraction of sp³-hybridized carbons (Fsp3) is 0.519. The van der Waals surface area contributed by atoms with Gasteiger partial charge in [-0.15, -0.1) is 0 Å². The molecule has 1 aromatic carbocycles. The number of aliphatic hydroxyl groups is 1. The van der Waals surface area contributed by atoms with Crippen molar-refractivity contribution < 1.29 is 19.7 Å². The van der Waals surface area contributed by atoms with Crippen LogP contribution in [0.2, 0.25) is 0 Å². The maximum atomic E-state index is 10.5. The number of carboxylic acids is 1. The average Bonchev–Trinajstić information content (AvgIpc) is 3.15. The van der Waals surface area contributed by atoms with Crippen molar-refractivity contribution in [1.29, 1.82) is 0 Å². The third-order valence-corrected chi connectivity index (χ3v) is 6.00. The summed E-state index contributed by atoms with van der Waals surface area (Å²) in [6.45, 7) is 6.99. The van der Waals surface area contributed by atoms with Gasteiger partial charge in [-0.2, -0.15) is 0 Å². The Kier molecular flexibility index (Phi) is 11.3. The van der Waals surface area contributed by atoms with Crippen molar-refractivity contribution in [3.05, 3.63) is 70.8 Å². The summed E-state index contributed by atoms with van der Waals surface area (Å²) in [5, 5.41) is 23.0. The summed E-state index contributed by atoms with van der Waals surface area (Å²) in [5.41, 5.74) is 2.88. The highest BCUT2D eigenvalue weighted by Crippen LogP contribution is 2.31. The second-order valence-electron chi connectivity index (χ2n) is 9.48. The highest BCUT2D eigenvalue weighted by Gasteiger charge is 2.28. The van der Waals surface area contributed by atoms with Crippen LogP contribution < -0.4 is 5.32 Å². The molecule has 6 heteroatoms. The van der Waals surface area contributed by atoms with E-state index < -0.39 is 12.1 Å². The second-order valence-corrected chi connectivity index (χ2v) is 9.91. The zero-order valence-corrected chi connectivity index (χ0v) is 20.7. The lowest BCUT2D eigenvalue weighted by molar-refractivity contribution is -0.136. The molecule has 2 rings (SSSR count). The van der Waals surface area contributed by atoms with Crippen LogP contribution in [0.4, 0.5) is 0 Å². The topological polar surface area (TPSA) is 78.8 Å². The molecule has 0 aliphatic heterocycles. The molecule has 3 N–H and O–H groups in total. The Morgan fingerprint density at radius 2 is 1.97 bits per heavy atom. The zero-order chi connectivity index (χ0) is 24.3. The molecule has 1 unspecified atom stereocenters. The zero-order valence-electron chi connectivity index (χ0n) is 20.0. The summed E-state index contributed by atoms with van der Waals surface area (Å²) < 4.78 is 5.72. The first-order valence-electron chi connectivity index (χ1n) is 11.7. The van der Waals surface area contributed by atoms with Gasteiger partial charge in [0.25, 0.3) is 0 Å². The summed E-state index contributed by atoms with van der Waals surface area (Å²) >= 11 is 6.12. The molecule has 1 aliphatic rings. The number of carboxylic acid groups (broad SMARTS) is 1. The van der Waals surface area contributed by atoms with Crippen LogP contribution in [-0.2, 0) is 22.4 Å². The minimum absolute atomic E-state index is 0.0600. The van der Waals surface area contributed by atoms with Crippen LogP contribution in [0.5, 0.6) is 0 Å². The molecule has 0 saturated heterocycles. The lowest BCUT2D eigenvalue weighted by atomic mass is 9.88. The smallest absolute Gasteiger partial charge is 0.303 e. The van der Waals surface area contributed by atoms with Crippen molar-refractivity contribution in [3.63, 3.8) is 0 Å². The van der Waals surface area contributed by atoms with E-state index in [4.69, 9.17) is 21.4 Å². The monoisotopic (exact) mass is 475 g/mol. The lowest BCUT2D eigenvalue weighted by Crippen LogP contribution is -2.45. The van der Waals surface area contributed by atoms with E-state index in [0.29, 0.717) is 23.9 Å². The molecule has 0 bridgehead atoms. The Hall–Kier alpha value is -1.92. The van der Waals surface area contributed by atoms with Gasteiger partial charge in [0.1, 0.15) is 0 Å². The predicted molar refractivity (Wildman–Crippen MR) is 135 cm³/mol. The summed E-state index contributed by atoms with van der Waals surface area (Å²) in [7, 11) is 0. The van der Waals surface area contributed by atoms with Gasteiger partial charge in [0.15, 0.2) is 0 Å². The molecule has 0 amide bonds. The molecule has 0 saturated carbocycles. The van der Waals surface area contributed by atoms with Gasteiger partial charge >= 0.3 is 5.97 Å². The molecule has 5 nitrogen and oxygen atoms in total. The first kappa shape index (κ1) is 27.3. The molecule has 0 heterocycles. The summed E-state index contributed by atoms with van der Waals surface area (Å²) in [6.07, 6.45) is 11.9. The maximum Gasteiger partial charge on any atom is 0.303 e. The van der Waals surface area contributed by atoms with Crippen LogP contribution in [0.1, 0.15) is 51.2 Å². The standard InChI is InChI=1S/C27H38ClNO4/c1-20(13-14-24(28)11-5-4-6-12-26(31)32)33-19-25(30)18-29-27(2,3)17-21-15-22-9-7-8-10-23(22)16-21/h4-5,7-11,13-14,20-21,25,29-30H,6,12,15-19H2,1-3H3,(H,31,32)/b5-4+,14-13+,24-11+/t20?,25-/m1/s1. The Morgan fingerprint density at radius 3 is 2.61 bits per heavy atom. The summed E-state index contributed by atoms with van der Waals surface area (Å²) in [6, 6.07) is 8.69. The van der Waals surface area contributed by atoms with Crippen LogP contribution in [0, 0.1) is 5.92 Å². The van der Waals surface area contributed by atoms with Gasteiger partial charge in [-0.3, -0.25) is 4.79 Å². The molecule has 0 fully saturated rings. The van der Waals surface area contributed by atoms with E-state index in [-0.39, 0.29) is 24.7 Å². The number of allylic oxidation sites excluding steroid dienone is 5. The third-order valence-electron chi connectivity index (χ3n) is 5.75. The quantitative estimate of drug-likeness (QED) is 0.329. The fourth-order valence-corrected chi connectivity index (χ4v) is 4.25. The van der Waals surface area contributed by atoms with E-state index >= 15 is 0 Å². The first-order valence-corrected chi connectivity index (χ1v) is 12.1. The molecule has 2 atom stereocenters. The SMILES string of the molecule is CC(/C=C/C(Cl)=C\C=C\CCC(=O)O)OC[C@H](O)CNC(C)(C)CC1Cc2ccccc2C1. The van der Waals surface area contributed by atoms with E-state index in [1.165, 1.54) is 11.1 Å². The van der Waals surface area contributed by atoms with Gasteiger partial charge in [0.2, 0.25) is 0 Å². The lowest BCUT2D eigenvalue weighted by Gasteiger charge is -2.30. The predicted octanol–water partition coefficient (Wildman–Crippen LogP) is 5.03. The second kappa shape index (κ2) is 13.7. The van der Waals surface area contributed by atoms with E-state index in [1.54, 1.807) is 24.3 Å². The number of nitrogens with one attached hydrogen (secondary N) is 1. The van der Waals surface area contributed by atoms with Crippen LogP contribution in [0.25, 0.3) is 0 Å². The van der Waals surface area contributed by atoms with Crippen LogP contribution in [-0.4, -0.2) is 47.1 Å². The van der Waals surface area contributed by atoms with E-state index in [0.717, 1.165) is 19.3 Å². The number of fused-ring (bicyclic) bond motifs is 1. The van der Waals surface area contributed by atoms with Crippen molar-refractivity contribution in [2.75, 3.05) is 13.2 Å². The number of hydrogen-bond donors (Lipinski definition) is 3. The number of rotatable bonds is 14. The molecule has 182 valence electrons. The Labute approximate surface area is 203 Å². The van der Waals surface area contributed by atoms with Crippen molar-refractivity contribution in [3.8, 4) is 0 Å². The van der Waals surface area contributed by atoms with Crippen LogP contribution >= 0.6 is 11.6 Å². The minimum atomic E-state index is -0.818. The van der Waals surface area contributed by atoms with Crippen LogP contribution in [0.15, 0.2) is 59.7 Å². The summed E-state index contributed by atoms with van der Waals surface area (Å²) in [4.78, 5) is 10.5. The highest BCUT2D eigenvalue weighted by molar-refractivity contribution is 6.31. The van der Waals surface area contributed by atoms with Crippen LogP contribution in [0.3, 0.4) is 0 Å². The fourth-order valence-electron chi connectivity index (χ4n) is 4.11.